The van der Waals surface area contributed by atoms with Crippen molar-refractivity contribution < 1.29 is 9.90 Å². The van der Waals surface area contributed by atoms with Crippen molar-refractivity contribution >= 4 is 17.0 Å². The summed E-state index contributed by atoms with van der Waals surface area (Å²) in [5, 5.41) is 21.6. The van der Waals surface area contributed by atoms with Gasteiger partial charge >= 0.3 is 0 Å². The highest BCUT2D eigenvalue weighted by Gasteiger charge is 2.32. The standard InChI is InChI=1S/C18H14N2O2/c1-9-4-6-12(20-8-19)16-14(9)11(3)15-10(2)5-7-13(21)17(15)18(16)22/h4-7,20-21H,3H2,1-2H3. The Morgan fingerprint density at radius 2 is 1.64 bits per heavy atom. The minimum absolute atomic E-state index is 0.0678. The topological polar surface area (TPSA) is 73.1 Å². The molecule has 0 amide bonds. The molecule has 0 radical (unpaired) electrons. The lowest BCUT2D eigenvalue weighted by molar-refractivity contribution is 0.103. The van der Waals surface area contributed by atoms with E-state index in [-0.39, 0.29) is 17.1 Å². The van der Waals surface area contributed by atoms with Crippen LogP contribution in [0, 0.1) is 25.3 Å². The zero-order chi connectivity index (χ0) is 16.0. The number of carbonyl (C=O) groups excluding carboxylic acids is 1. The van der Waals surface area contributed by atoms with Gasteiger partial charge in [-0.2, -0.15) is 5.26 Å². The number of nitriles is 1. The predicted octanol–water partition coefficient (Wildman–Crippen LogP) is 3.51. The molecule has 0 heterocycles. The molecule has 0 fully saturated rings. The molecule has 22 heavy (non-hydrogen) atoms. The number of hydrogen-bond donors (Lipinski definition) is 2. The number of aryl methyl sites for hydroxylation is 2. The number of carbonyl (C=O) groups is 1. The predicted molar refractivity (Wildman–Crippen MR) is 84.8 cm³/mol. The number of nitrogens with zero attached hydrogens (tertiary/aromatic N) is 1. The van der Waals surface area contributed by atoms with Crippen LogP contribution in [0.1, 0.15) is 38.2 Å². The molecule has 0 spiro atoms. The maximum absolute atomic E-state index is 12.9. The fourth-order valence-corrected chi connectivity index (χ4v) is 3.06. The minimum atomic E-state index is -0.292. The maximum Gasteiger partial charge on any atom is 0.200 e. The van der Waals surface area contributed by atoms with E-state index in [0.29, 0.717) is 22.4 Å². The number of ketones is 1. The molecule has 0 saturated carbocycles. The van der Waals surface area contributed by atoms with Crippen molar-refractivity contribution in [1.82, 2.24) is 0 Å². The number of anilines is 1. The molecule has 108 valence electrons. The van der Waals surface area contributed by atoms with Crippen LogP contribution in [0.4, 0.5) is 5.69 Å². The number of phenolic OH excluding ortho intramolecular Hbond substituents is 1. The fraction of sp³-hybridized carbons (Fsp3) is 0.111. The zero-order valence-electron chi connectivity index (χ0n) is 12.3. The van der Waals surface area contributed by atoms with E-state index in [1.165, 1.54) is 6.07 Å². The van der Waals surface area contributed by atoms with Gasteiger partial charge in [-0.1, -0.05) is 18.7 Å². The molecule has 4 nitrogen and oxygen atoms in total. The smallest absolute Gasteiger partial charge is 0.200 e. The average molecular weight is 290 g/mol. The second-order valence-corrected chi connectivity index (χ2v) is 5.38. The van der Waals surface area contributed by atoms with E-state index in [0.717, 1.165) is 16.7 Å². The van der Waals surface area contributed by atoms with Crippen LogP contribution in [0.25, 0.3) is 5.57 Å². The Morgan fingerprint density at radius 3 is 2.27 bits per heavy atom. The van der Waals surface area contributed by atoms with Crippen molar-refractivity contribution in [1.29, 1.82) is 5.26 Å². The van der Waals surface area contributed by atoms with Gasteiger partial charge in [0.05, 0.1) is 16.8 Å². The lowest BCUT2D eigenvalue weighted by Gasteiger charge is -2.26. The van der Waals surface area contributed by atoms with E-state index < -0.39 is 0 Å². The Bertz CT molecular complexity index is 889. The van der Waals surface area contributed by atoms with Crippen LogP contribution in [0.3, 0.4) is 0 Å². The normalized spacial score (nSPS) is 12.4. The minimum Gasteiger partial charge on any atom is -0.507 e. The molecular weight excluding hydrogens is 276 g/mol. The van der Waals surface area contributed by atoms with Gasteiger partial charge in [0.25, 0.3) is 0 Å². The zero-order valence-corrected chi connectivity index (χ0v) is 12.3. The van der Waals surface area contributed by atoms with Crippen LogP contribution in [-0.4, -0.2) is 10.9 Å². The van der Waals surface area contributed by atoms with Crippen LogP contribution < -0.4 is 5.32 Å². The quantitative estimate of drug-likeness (QED) is 0.531. The first kappa shape index (κ1) is 13.9. The molecule has 2 N–H and O–H groups in total. The maximum atomic E-state index is 12.9. The lowest BCUT2D eigenvalue weighted by atomic mass is 9.77. The van der Waals surface area contributed by atoms with Crippen LogP contribution in [-0.2, 0) is 0 Å². The highest BCUT2D eigenvalue weighted by molar-refractivity contribution is 6.23. The summed E-state index contributed by atoms with van der Waals surface area (Å²) in [7, 11) is 0. The summed E-state index contributed by atoms with van der Waals surface area (Å²) in [4.78, 5) is 12.9. The Balaban J connectivity index is 2.42. The van der Waals surface area contributed by atoms with Gasteiger partial charge in [-0.15, -0.1) is 0 Å². The monoisotopic (exact) mass is 290 g/mol. The molecule has 3 rings (SSSR count). The average Bonchev–Trinajstić information content (AvgIpc) is 2.49. The van der Waals surface area contributed by atoms with Gasteiger partial charge in [-0.25, -0.2) is 0 Å². The third kappa shape index (κ3) is 1.73. The highest BCUT2D eigenvalue weighted by Crippen LogP contribution is 2.43. The van der Waals surface area contributed by atoms with E-state index in [1.807, 2.05) is 26.1 Å². The number of rotatable bonds is 1. The first-order valence-electron chi connectivity index (χ1n) is 6.83. The molecule has 0 unspecified atom stereocenters. The Morgan fingerprint density at radius 1 is 1.05 bits per heavy atom. The summed E-state index contributed by atoms with van der Waals surface area (Å²) in [5.74, 6) is -0.359. The second-order valence-electron chi connectivity index (χ2n) is 5.38. The number of hydrogen-bond acceptors (Lipinski definition) is 4. The van der Waals surface area contributed by atoms with Gasteiger partial charge in [0, 0.05) is 0 Å². The molecule has 0 bridgehead atoms. The molecular formula is C18H14N2O2. The molecule has 1 aliphatic carbocycles. The Hall–Kier alpha value is -3.06. The van der Waals surface area contributed by atoms with Crippen molar-refractivity contribution in [3.05, 3.63) is 64.2 Å². The molecule has 4 heteroatoms. The van der Waals surface area contributed by atoms with Gasteiger partial charge in [0.1, 0.15) is 5.75 Å². The van der Waals surface area contributed by atoms with Gasteiger partial charge in [0.2, 0.25) is 0 Å². The van der Waals surface area contributed by atoms with E-state index in [1.54, 1.807) is 12.1 Å². The number of fused-ring (bicyclic) bond motifs is 2. The van der Waals surface area contributed by atoms with Gasteiger partial charge in [-0.05, 0) is 53.8 Å². The summed E-state index contributed by atoms with van der Waals surface area (Å²) in [6.07, 6.45) is 1.84. The third-order valence-corrected chi connectivity index (χ3v) is 4.05. The Labute approximate surface area is 128 Å². The van der Waals surface area contributed by atoms with Crippen molar-refractivity contribution in [3.8, 4) is 11.9 Å². The van der Waals surface area contributed by atoms with Gasteiger partial charge < -0.3 is 5.11 Å². The van der Waals surface area contributed by atoms with Crippen molar-refractivity contribution in [3.63, 3.8) is 0 Å². The van der Waals surface area contributed by atoms with Crippen molar-refractivity contribution in [2.24, 2.45) is 0 Å². The number of phenols is 1. The summed E-state index contributed by atoms with van der Waals surface area (Å²) >= 11 is 0. The van der Waals surface area contributed by atoms with Gasteiger partial charge in [-0.3, -0.25) is 10.1 Å². The number of aromatic hydroxyl groups is 1. The summed E-state index contributed by atoms with van der Waals surface area (Å²) in [6, 6.07) is 6.82. The third-order valence-electron chi connectivity index (χ3n) is 4.05. The Kier molecular flexibility index (Phi) is 3.00. The number of benzene rings is 2. The van der Waals surface area contributed by atoms with Gasteiger partial charge in [0.15, 0.2) is 12.0 Å². The van der Waals surface area contributed by atoms with Crippen LogP contribution >= 0.6 is 0 Å². The lowest BCUT2D eigenvalue weighted by Crippen LogP contribution is -2.18. The van der Waals surface area contributed by atoms with Crippen LogP contribution in [0.15, 0.2) is 30.8 Å². The van der Waals surface area contributed by atoms with E-state index in [2.05, 4.69) is 11.9 Å². The summed E-state index contributed by atoms with van der Waals surface area (Å²) in [6.45, 7) is 7.90. The second kappa shape index (κ2) is 4.74. The van der Waals surface area contributed by atoms with Crippen LogP contribution in [0.2, 0.25) is 0 Å². The highest BCUT2D eigenvalue weighted by atomic mass is 16.3. The van der Waals surface area contributed by atoms with Crippen molar-refractivity contribution in [2.45, 2.75) is 13.8 Å². The first-order chi connectivity index (χ1) is 10.5. The van der Waals surface area contributed by atoms with E-state index >= 15 is 0 Å². The largest absolute Gasteiger partial charge is 0.507 e. The fourth-order valence-electron chi connectivity index (χ4n) is 3.06. The molecule has 0 aromatic heterocycles. The molecule has 2 aromatic carbocycles. The van der Waals surface area contributed by atoms with Crippen molar-refractivity contribution in [2.75, 3.05) is 5.32 Å². The van der Waals surface area contributed by atoms with E-state index in [9.17, 15) is 9.90 Å². The van der Waals surface area contributed by atoms with Crippen LogP contribution in [0.5, 0.6) is 5.75 Å². The first-order valence-corrected chi connectivity index (χ1v) is 6.83. The molecule has 2 aromatic rings. The molecule has 1 aliphatic rings. The number of nitrogens with one attached hydrogen (secondary N) is 1. The molecule has 0 aliphatic heterocycles. The summed E-state index contributed by atoms with van der Waals surface area (Å²) < 4.78 is 0. The molecule has 0 atom stereocenters. The van der Waals surface area contributed by atoms with E-state index in [4.69, 9.17) is 5.26 Å². The molecule has 0 saturated heterocycles. The summed E-state index contributed by atoms with van der Waals surface area (Å²) in [5.41, 5.74) is 4.96. The SMILES string of the molecule is C=C1c2c(C)ccc(O)c2C(=O)c2c(NC#N)ccc(C)c21.